The molecule has 7 nitrogen and oxygen atoms in total. The summed E-state index contributed by atoms with van der Waals surface area (Å²) in [7, 11) is -4.10. The van der Waals surface area contributed by atoms with Crippen LogP contribution in [0.5, 0.6) is 5.75 Å². The molecule has 1 amide bonds. The Labute approximate surface area is 177 Å². The zero-order valence-electron chi connectivity index (χ0n) is 15.5. The van der Waals surface area contributed by atoms with Crippen LogP contribution in [0.15, 0.2) is 65.7 Å². The molecule has 0 aliphatic carbocycles. The van der Waals surface area contributed by atoms with Gasteiger partial charge in [0, 0.05) is 16.3 Å². The Kier molecular flexibility index (Phi) is 6.66. The predicted octanol–water partition coefficient (Wildman–Crippen LogP) is 3.28. The molecular weight excluding hydrogens is 433 g/mol. The predicted molar refractivity (Wildman–Crippen MR) is 110 cm³/mol. The normalized spacial score (nSPS) is 11.2. The van der Waals surface area contributed by atoms with Crippen LogP contribution in [-0.4, -0.2) is 19.3 Å². The molecule has 0 saturated heterocycles. The van der Waals surface area contributed by atoms with Crippen molar-refractivity contribution < 1.29 is 22.3 Å². The zero-order valence-corrected chi connectivity index (χ0v) is 17.1. The fraction of sp³-hybridized carbons (Fsp3) is 0.100. The van der Waals surface area contributed by atoms with Gasteiger partial charge >= 0.3 is 0 Å². The number of nitrogens with one attached hydrogen (secondary N) is 1. The van der Waals surface area contributed by atoms with E-state index in [-0.39, 0.29) is 40.8 Å². The fourth-order valence-electron chi connectivity index (χ4n) is 2.65. The number of sulfonamides is 1. The van der Waals surface area contributed by atoms with Crippen molar-refractivity contribution in [3.05, 3.63) is 82.9 Å². The second-order valence-electron chi connectivity index (χ2n) is 6.29. The first kappa shape index (κ1) is 21.7. The number of nitrogens with two attached hydrogens (primary N) is 1. The molecule has 0 saturated carbocycles. The maximum Gasteiger partial charge on any atom is 0.238 e. The van der Waals surface area contributed by atoms with Crippen molar-refractivity contribution in [2.75, 3.05) is 5.32 Å². The zero-order chi connectivity index (χ0) is 21.7. The number of primary sulfonamides is 1. The number of benzene rings is 2. The van der Waals surface area contributed by atoms with Crippen LogP contribution in [0.4, 0.5) is 10.1 Å². The molecule has 0 atom stereocenters. The van der Waals surface area contributed by atoms with Crippen LogP contribution >= 0.6 is 11.6 Å². The molecule has 1 heterocycles. The van der Waals surface area contributed by atoms with E-state index < -0.39 is 16.0 Å². The highest BCUT2D eigenvalue weighted by Crippen LogP contribution is 2.23. The van der Waals surface area contributed by atoms with Gasteiger partial charge in [-0.25, -0.2) is 18.5 Å². The summed E-state index contributed by atoms with van der Waals surface area (Å²) < 4.78 is 42.3. The van der Waals surface area contributed by atoms with Crippen molar-refractivity contribution in [2.45, 2.75) is 17.9 Å². The van der Waals surface area contributed by atoms with Crippen LogP contribution in [0.1, 0.15) is 11.1 Å². The van der Waals surface area contributed by atoms with E-state index in [0.29, 0.717) is 10.6 Å². The van der Waals surface area contributed by atoms with Gasteiger partial charge in [-0.05, 0) is 35.9 Å². The highest BCUT2D eigenvalue weighted by atomic mass is 35.5. The van der Waals surface area contributed by atoms with Gasteiger partial charge in [0.15, 0.2) is 0 Å². The van der Waals surface area contributed by atoms with Gasteiger partial charge < -0.3 is 10.1 Å². The summed E-state index contributed by atoms with van der Waals surface area (Å²) in [6.45, 7) is -0.146. The number of anilines is 1. The molecule has 3 N–H and O–H groups in total. The Morgan fingerprint density at radius 2 is 1.90 bits per heavy atom. The quantitative estimate of drug-likeness (QED) is 0.537. The Hall–Kier alpha value is -3.01. The molecule has 2 aromatic carbocycles. The summed E-state index contributed by atoms with van der Waals surface area (Å²) >= 11 is 6.06. The Morgan fingerprint density at radius 3 is 2.57 bits per heavy atom. The molecule has 0 fully saturated rings. The van der Waals surface area contributed by atoms with Gasteiger partial charge in [0.05, 0.1) is 17.5 Å². The lowest BCUT2D eigenvalue weighted by atomic mass is 10.1. The van der Waals surface area contributed by atoms with E-state index in [9.17, 15) is 17.6 Å². The third-order valence-corrected chi connectivity index (χ3v) is 5.42. The third-order valence-electron chi connectivity index (χ3n) is 4.06. The summed E-state index contributed by atoms with van der Waals surface area (Å²) in [6.07, 6.45) is 1.20. The van der Waals surface area contributed by atoms with Crippen LogP contribution in [0.2, 0.25) is 5.02 Å². The highest BCUT2D eigenvalue weighted by molar-refractivity contribution is 7.89. The molecule has 3 rings (SSSR count). The topological polar surface area (TPSA) is 111 Å². The van der Waals surface area contributed by atoms with Gasteiger partial charge in [0.25, 0.3) is 0 Å². The summed E-state index contributed by atoms with van der Waals surface area (Å²) in [4.78, 5) is 15.6. The average molecular weight is 450 g/mol. The number of carbonyl (C=O) groups excluding carboxylic acids is 1. The summed E-state index contributed by atoms with van der Waals surface area (Å²) in [5, 5.41) is 8.40. The van der Waals surface area contributed by atoms with Crippen LogP contribution in [-0.2, 0) is 27.8 Å². The molecule has 1 aromatic heterocycles. The van der Waals surface area contributed by atoms with Crippen molar-refractivity contribution in [1.29, 1.82) is 0 Å². The Balaban J connectivity index is 1.76. The maximum absolute atomic E-state index is 12.9. The summed E-state index contributed by atoms with van der Waals surface area (Å²) in [5.74, 6) is -0.775. The molecule has 0 spiro atoms. The van der Waals surface area contributed by atoms with Gasteiger partial charge in [0.2, 0.25) is 21.9 Å². The lowest BCUT2D eigenvalue weighted by Crippen LogP contribution is -2.18. The summed E-state index contributed by atoms with van der Waals surface area (Å²) in [5.41, 5.74) is 1.16. The van der Waals surface area contributed by atoms with E-state index in [4.69, 9.17) is 21.5 Å². The average Bonchev–Trinajstić information content (AvgIpc) is 2.69. The number of rotatable bonds is 7. The first-order chi connectivity index (χ1) is 14.2. The van der Waals surface area contributed by atoms with E-state index in [1.54, 1.807) is 24.3 Å². The minimum absolute atomic E-state index is 0.0206. The minimum Gasteiger partial charge on any atom is -0.487 e. The number of hydrogen-bond donors (Lipinski definition) is 2. The number of hydrogen-bond acceptors (Lipinski definition) is 5. The number of aromatic nitrogens is 1. The maximum atomic E-state index is 12.9. The first-order valence-electron chi connectivity index (χ1n) is 8.66. The fourth-order valence-corrected chi connectivity index (χ4v) is 3.63. The first-order valence-corrected chi connectivity index (χ1v) is 10.6. The molecule has 156 valence electrons. The largest absolute Gasteiger partial charge is 0.487 e. The van der Waals surface area contributed by atoms with Crippen molar-refractivity contribution in [1.82, 2.24) is 4.98 Å². The van der Waals surface area contributed by atoms with E-state index in [2.05, 4.69) is 10.3 Å². The van der Waals surface area contributed by atoms with Crippen molar-refractivity contribution in [3.63, 3.8) is 0 Å². The molecular formula is C20H17ClFN3O4S. The molecule has 0 unspecified atom stereocenters. The SMILES string of the molecule is NS(=O)(=O)c1cc(NC(=O)Cc2ccccc2Cl)ccc1COc1ccc(F)nc1. The van der Waals surface area contributed by atoms with Gasteiger partial charge in [-0.1, -0.05) is 35.9 Å². The van der Waals surface area contributed by atoms with E-state index in [0.717, 1.165) is 6.07 Å². The van der Waals surface area contributed by atoms with E-state index >= 15 is 0 Å². The van der Waals surface area contributed by atoms with Crippen LogP contribution < -0.4 is 15.2 Å². The van der Waals surface area contributed by atoms with Crippen LogP contribution in [0, 0.1) is 5.95 Å². The second kappa shape index (κ2) is 9.21. The lowest BCUT2D eigenvalue weighted by molar-refractivity contribution is -0.115. The number of amides is 1. The molecule has 30 heavy (non-hydrogen) atoms. The number of carbonyl (C=O) groups is 1. The highest BCUT2D eigenvalue weighted by Gasteiger charge is 2.17. The third kappa shape index (κ3) is 5.76. The van der Waals surface area contributed by atoms with Crippen LogP contribution in [0.3, 0.4) is 0 Å². The van der Waals surface area contributed by atoms with Gasteiger partial charge in [0.1, 0.15) is 12.4 Å². The number of ether oxygens (including phenoxy) is 1. The molecule has 0 radical (unpaired) electrons. The molecule has 3 aromatic rings. The Bertz CT molecular complexity index is 1170. The second-order valence-corrected chi connectivity index (χ2v) is 8.23. The Morgan fingerprint density at radius 1 is 1.13 bits per heavy atom. The van der Waals surface area contributed by atoms with Gasteiger partial charge in [-0.2, -0.15) is 4.39 Å². The number of nitrogens with zero attached hydrogens (tertiary/aromatic N) is 1. The van der Waals surface area contributed by atoms with Crippen molar-refractivity contribution >= 4 is 33.2 Å². The van der Waals surface area contributed by atoms with E-state index in [1.807, 2.05) is 0 Å². The molecule has 0 aliphatic rings. The standard InChI is InChI=1S/C20H17ClFN3O4S/c21-17-4-2-1-3-13(17)9-20(26)25-15-6-5-14(18(10-15)30(23,27)28)12-29-16-7-8-19(22)24-11-16/h1-8,10-11H,9,12H2,(H,25,26)(H2,23,27,28). The number of halogens is 2. The minimum atomic E-state index is -4.10. The van der Waals surface area contributed by atoms with Crippen molar-refractivity contribution in [2.24, 2.45) is 5.14 Å². The molecule has 0 bridgehead atoms. The molecule has 0 aliphatic heterocycles. The molecule has 10 heteroatoms. The number of pyridine rings is 1. The van der Waals surface area contributed by atoms with Crippen LogP contribution in [0.25, 0.3) is 0 Å². The lowest BCUT2D eigenvalue weighted by Gasteiger charge is -2.12. The smallest absolute Gasteiger partial charge is 0.238 e. The van der Waals surface area contributed by atoms with E-state index in [1.165, 1.54) is 30.5 Å². The monoisotopic (exact) mass is 449 g/mol. The van der Waals surface area contributed by atoms with Gasteiger partial charge in [-0.15, -0.1) is 0 Å². The summed E-state index contributed by atoms with van der Waals surface area (Å²) in [6, 6.07) is 13.7. The van der Waals surface area contributed by atoms with Gasteiger partial charge in [-0.3, -0.25) is 4.79 Å². The van der Waals surface area contributed by atoms with Crippen molar-refractivity contribution in [3.8, 4) is 5.75 Å².